The van der Waals surface area contributed by atoms with Crippen LogP contribution in [0.5, 0.6) is 5.75 Å². The predicted octanol–water partition coefficient (Wildman–Crippen LogP) is 3.25. The number of allylic oxidation sites excluding steroid dienone is 2. The number of phenolic OH excluding ortho intramolecular Hbond substituents is 1. The molecule has 2 atom stereocenters. The Kier molecular flexibility index (Phi) is 2.19. The van der Waals surface area contributed by atoms with E-state index < -0.39 is 0 Å². The quantitative estimate of drug-likeness (QED) is 0.796. The summed E-state index contributed by atoms with van der Waals surface area (Å²) in [6.45, 7) is 0. The molecule has 0 saturated heterocycles. The van der Waals surface area contributed by atoms with Crippen molar-refractivity contribution in [3.8, 4) is 11.8 Å². The van der Waals surface area contributed by atoms with Crippen LogP contribution in [0, 0.1) is 22.7 Å². The fourth-order valence-electron chi connectivity index (χ4n) is 4.30. The molecule has 0 amide bonds. The van der Waals surface area contributed by atoms with E-state index >= 15 is 0 Å². The standard InChI is InChI=1S/C16H12ClNO2/c17-14-10-6-16-4-3-8(5-16)15(20)11(7-18)13(16)9(10)1-2-12(14)19/h1-2,8,19H,3-6H2/t8-,16+/m0/s1. The van der Waals surface area contributed by atoms with Gasteiger partial charge in [0.25, 0.3) is 0 Å². The van der Waals surface area contributed by atoms with Gasteiger partial charge in [0.1, 0.15) is 11.8 Å². The zero-order valence-corrected chi connectivity index (χ0v) is 11.5. The lowest BCUT2D eigenvalue weighted by Gasteiger charge is -2.30. The maximum atomic E-state index is 12.4. The molecular formula is C16H12ClNO2. The van der Waals surface area contributed by atoms with Crippen LogP contribution in [0.3, 0.4) is 0 Å². The second-order valence-corrected chi connectivity index (χ2v) is 6.43. The van der Waals surface area contributed by atoms with Gasteiger partial charge in [-0.3, -0.25) is 4.79 Å². The molecule has 4 heteroatoms. The number of rotatable bonds is 0. The lowest BCUT2D eigenvalue weighted by atomic mass is 9.71. The molecular weight excluding hydrogens is 274 g/mol. The average Bonchev–Trinajstić information content (AvgIpc) is 2.97. The third kappa shape index (κ3) is 1.23. The molecule has 3 aliphatic rings. The number of benzene rings is 1. The van der Waals surface area contributed by atoms with E-state index in [0.717, 1.165) is 42.4 Å². The highest BCUT2D eigenvalue weighted by molar-refractivity contribution is 6.33. The second kappa shape index (κ2) is 3.65. The summed E-state index contributed by atoms with van der Waals surface area (Å²) in [5.41, 5.74) is 2.88. The topological polar surface area (TPSA) is 61.1 Å². The van der Waals surface area contributed by atoms with Gasteiger partial charge in [0.05, 0.1) is 10.6 Å². The summed E-state index contributed by atoms with van der Waals surface area (Å²) in [5.74, 6) is 0.0585. The van der Waals surface area contributed by atoms with Crippen LogP contribution in [0.2, 0.25) is 5.02 Å². The van der Waals surface area contributed by atoms with Gasteiger partial charge in [0, 0.05) is 11.3 Å². The number of carbonyl (C=O) groups excluding carboxylic acids is 1. The summed E-state index contributed by atoms with van der Waals surface area (Å²) in [5, 5.41) is 19.6. The Hall–Kier alpha value is -1.79. The Morgan fingerprint density at radius 3 is 3.00 bits per heavy atom. The van der Waals surface area contributed by atoms with Gasteiger partial charge >= 0.3 is 0 Å². The number of hydrogen-bond donors (Lipinski definition) is 1. The van der Waals surface area contributed by atoms with E-state index in [0.29, 0.717) is 10.6 Å². The molecule has 1 spiro atoms. The van der Waals surface area contributed by atoms with Crippen LogP contribution >= 0.6 is 11.6 Å². The molecule has 0 radical (unpaired) electrons. The van der Waals surface area contributed by atoms with E-state index in [1.165, 1.54) is 0 Å². The Morgan fingerprint density at radius 1 is 1.45 bits per heavy atom. The number of fused-ring (bicyclic) bond motifs is 3. The molecule has 0 aromatic heterocycles. The molecule has 3 aliphatic carbocycles. The molecule has 1 fully saturated rings. The van der Waals surface area contributed by atoms with Crippen LogP contribution in [0.25, 0.3) is 5.57 Å². The van der Waals surface area contributed by atoms with E-state index in [4.69, 9.17) is 11.6 Å². The summed E-state index contributed by atoms with van der Waals surface area (Å²) in [6.07, 6.45) is 3.33. The number of phenols is 1. The average molecular weight is 286 g/mol. The minimum atomic E-state index is -0.108. The third-order valence-corrected chi connectivity index (χ3v) is 5.55. The van der Waals surface area contributed by atoms with Gasteiger partial charge in [-0.25, -0.2) is 0 Å². The lowest BCUT2D eigenvalue weighted by molar-refractivity contribution is -0.119. The van der Waals surface area contributed by atoms with Crippen molar-refractivity contribution in [1.82, 2.24) is 0 Å². The number of ketones is 1. The maximum Gasteiger partial charge on any atom is 0.176 e. The monoisotopic (exact) mass is 285 g/mol. The molecule has 100 valence electrons. The van der Waals surface area contributed by atoms with Crippen molar-refractivity contribution in [2.45, 2.75) is 25.7 Å². The Morgan fingerprint density at radius 2 is 2.25 bits per heavy atom. The van der Waals surface area contributed by atoms with Crippen molar-refractivity contribution in [3.63, 3.8) is 0 Å². The number of carbonyl (C=O) groups is 1. The molecule has 0 unspecified atom stereocenters. The van der Waals surface area contributed by atoms with Gasteiger partial charge in [-0.05, 0) is 48.4 Å². The van der Waals surface area contributed by atoms with Gasteiger partial charge in [-0.15, -0.1) is 0 Å². The first-order valence-corrected chi connectivity index (χ1v) is 7.15. The zero-order valence-electron chi connectivity index (χ0n) is 10.7. The molecule has 4 rings (SSSR count). The summed E-state index contributed by atoms with van der Waals surface area (Å²) < 4.78 is 0. The molecule has 1 aromatic rings. The zero-order chi connectivity index (χ0) is 14.1. The molecule has 2 bridgehead atoms. The van der Waals surface area contributed by atoms with Crippen LogP contribution in [0.4, 0.5) is 0 Å². The first-order valence-electron chi connectivity index (χ1n) is 6.77. The van der Waals surface area contributed by atoms with Crippen LogP contribution in [-0.4, -0.2) is 10.9 Å². The molecule has 20 heavy (non-hydrogen) atoms. The third-order valence-electron chi connectivity index (χ3n) is 5.13. The summed E-state index contributed by atoms with van der Waals surface area (Å²) in [6, 6.07) is 5.47. The van der Waals surface area contributed by atoms with Crippen LogP contribution in [0.15, 0.2) is 17.7 Å². The van der Waals surface area contributed by atoms with Gasteiger partial charge < -0.3 is 5.11 Å². The highest BCUT2D eigenvalue weighted by Gasteiger charge is 2.55. The van der Waals surface area contributed by atoms with Gasteiger partial charge in [-0.2, -0.15) is 5.26 Å². The van der Waals surface area contributed by atoms with Crippen molar-refractivity contribution in [3.05, 3.63) is 33.9 Å². The molecule has 0 heterocycles. The van der Waals surface area contributed by atoms with E-state index in [2.05, 4.69) is 6.07 Å². The maximum absolute atomic E-state index is 12.4. The first kappa shape index (κ1) is 12.0. The highest BCUT2D eigenvalue weighted by Crippen LogP contribution is 2.63. The van der Waals surface area contributed by atoms with Crippen LogP contribution in [0.1, 0.15) is 30.4 Å². The van der Waals surface area contributed by atoms with Crippen molar-refractivity contribution in [2.24, 2.45) is 11.3 Å². The minimum Gasteiger partial charge on any atom is -0.506 e. The summed E-state index contributed by atoms with van der Waals surface area (Å²) in [4.78, 5) is 12.4. The molecule has 3 nitrogen and oxygen atoms in total. The minimum absolute atomic E-state index is 0.00455. The van der Waals surface area contributed by atoms with Crippen molar-refractivity contribution < 1.29 is 9.90 Å². The van der Waals surface area contributed by atoms with E-state index in [-0.39, 0.29) is 22.9 Å². The number of Topliss-reactive ketones (excluding diaryl/α,β-unsaturated/α-hetero) is 1. The van der Waals surface area contributed by atoms with Gasteiger partial charge in [0.15, 0.2) is 5.78 Å². The van der Waals surface area contributed by atoms with Crippen LogP contribution < -0.4 is 0 Å². The molecule has 1 N–H and O–H groups in total. The summed E-state index contributed by atoms with van der Waals surface area (Å²) in [7, 11) is 0. The largest absolute Gasteiger partial charge is 0.506 e. The fourth-order valence-corrected chi connectivity index (χ4v) is 4.54. The fraction of sp³-hybridized carbons (Fsp3) is 0.375. The number of nitriles is 1. The predicted molar refractivity (Wildman–Crippen MR) is 74.1 cm³/mol. The van der Waals surface area contributed by atoms with E-state index in [1.54, 1.807) is 12.1 Å². The molecule has 1 saturated carbocycles. The number of aromatic hydroxyl groups is 1. The first-order chi connectivity index (χ1) is 9.57. The Labute approximate surface area is 121 Å². The Bertz CT molecular complexity index is 744. The van der Waals surface area contributed by atoms with Gasteiger partial charge in [-0.1, -0.05) is 17.7 Å². The Balaban J connectivity index is 2.07. The molecule has 1 aromatic carbocycles. The van der Waals surface area contributed by atoms with Crippen LogP contribution in [-0.2, 0) is 11.2 Å². The summed E-state index contributed by atoms with van der Waals surface area (Å²) >= 11 is 6.22. The second-order valence-electron chi connectivity index (χ2n) is 6.05. The number of nitrogens with zero attached hydrogens (tertiary/aromatic N) is 1. The molecule has 0 aliphatic heterocycles. The number of halogens is 1. The van der Waals surface area contributed by atoms with Gasteiger partial charge in [0.2, 0.25) is 0 Å². The van der Waals surface area contributed by atoms with Crippen molar-refractivity contribution in [1.29, 1.82) is 5.26 Å². The van der Waals surface area contributed by atoms with E-state index in [1.807, 2.05) is 0 Å². The van der Waals surface area contributed by atoms with Crippen molar-refractivity contribution >= 4 is 23.0 Å². The number of hydrogen-bond acceptors (Lipinski definition) is 3. The lowest BCUT2D eigenvalue weighted by Crippen LogP contribution is -2.27. The van der Waals surface area contributed by atoms with E-state index in [9.17, 15) is 15.2 Å². The SMILES string of the molecule is N#CC1=C2c3ccc(O)c(Cl)c3C[C@]23CC[C@@H](C3)C1=O. The highest BCUT2D eigenvalue weighted by atomic mass is 35.5. The van der Waals surface area contributed by atoms with Crippen molar-refractivity contribution in [2.75, 3.05) is 0 Å². The normalized spacial score (nSPS) is 30.2. The smallest absolute Gasteiger partial charge is 0.176 e.